The predicted octanol–water partition coefficient (Wildman–Crippen LogP) is 3.75. The fraction of sp³-hybridized carbons (Fsp3) is 0.391. The quantitative estimate of drug-likeness (QED) is 0.369. The highest BCUT2D eigenvalue weighted by molar-refractivity contribution is 6.00. The monoisotopic (exact) mass is 442 g/mol. The summed E-state index contributed by atoms with van der Waals surface area (Å²) in [5.74, 6) is -0.954. The number of halogens is 1. The highest BCUT2D eigenvalue weighted by Gasteiger charge is 2.27. The molecule has 2 aromatic carbocycles. The molecule has 0 spiro atoms. The maximum absolute atomic E-state index is 14.5. The van der Waals surface area contributed by atoms with E-state index in [0.717, 1.165) is 6.42 Å². The Hall–Kier alpha value is -3.49. The number of benzene rings is 2. The fourth-order valence-corrected chi connectivity index (χ4v) is 3.90. The van der Waals surface area contributed by atoms with Crippen molar-refractivity contribution < 1.29 is 18.9 Å². The number of nitro benzene ring substituents is 1. The Balaban J connectivity index is 1.78. The van der Waals surface area contributed by atoms with Crippen LogP contribution in [0.2, 0.25) is 0 Å². The van der Waals surface area contributed by atoms with Crippen molar-refractivity contribution in [1.29, 1.82) is 0 Å². The average Bonchev–Trinajstić information content (AvgIpc) is 2.78. The average molecular weight is 442 g/mol. The van der Waals surface area contributed by atoms with Crippen LogP contribution >= 0.6 is 0 Å². The van der Waals surface area contributed by atoms with Crippen molar-refractivity contribution in [3.8, 4) is 0 Å². The molecule has 0 N–H and O–H groups in total. The second kappa shape index (κ2) is 9.76. The zero-order valence-electron chi connectivity index (χ0n) is 18.5. The number of anilines is 2. The Morgan fingerprint density at radius 3 is 2.38 bits per heavy atom. The molecule has 1 amide bonds. The van der Waals surface area contributed by atoms with E-state index in [0.29, 0.717) is 55.2 Å². The molecule has 32 heavy (non-hydrogen) atoms. The van der Waals surface area contributed by atoms with E-state index in [-0.39, 0.29) is 17.4 Å². The lowest BCUT2D eigenvalue weighted by molar-refractivity contribution is -0.384. The number of non-ortho nitro benzene ring substituents is 1. The number of hydrogen-bond donors (Lipinski definition) is 0. The number of rotatable bonds is 7. The van der Waals surface area contributed by atoms with Gasteiger partial charge in [0, 0.05) is 63.2 Å². The van der Waals surface area contributed by atoms with Crippen molar-refractivity contribution >= 4 is 28.8 Å². The molecule has 2 aromatic rings. The summed E-state index contributed by atoms with van der Waals surface area (Å²) in [4.78, 5) is 40.9. The highest BCUT2D eigenvalue weighted by atomic mass is 19.1. The number of ketones is 1. The molecule has 0 aliphatic carbocycles. The molecular weight excluding hydrogens is 415 g/mol. The lowest BCUT2D eigenvalue weighted by atomic mass is 10.1. The molecule has 0 aromatic heterocycles. The maximum atomic E-state index is 14.5. The standard InChI is InChI=1S/C23H27FN4O4/c1-4-9-25(3)21-8-6-18(28(31)32)15-19(21)23(30)27-12-10-26(11-13-27)22-7-5-17(16(2)29)14-20(22)24/h5-8,14-15H,4,9-13H2,1-3H3. The van der Waals surface area contributed by atoms with Crippen molar-refractivity contribution in [3.63, 3.8) is 0 Å². The summed E-state index contributed by atoms with van der Waals surface area (Å²) in [7, 11) is 1.85. The largest absolute Gasteiger partial charge is 0.374 e. The minimum atomic E-state index is -0.508. The number of nitro groups is 1. The molecule has 8 nitrogen and oxygen atoms in total. The van der Waals surface area contributed by atoms with Gasteiger partial charge < -0.3 is 14.7 Å². The van der Waals surface area contributed by atoms with Gasteiger partial charge in [0.1, 0.15) is 5.82 Å². The molecule has 3 rings (SSSR count). The smallest absolute Gasteiger partial charge is 0.270 e. The van der Waals surface area contributed by atoms with Crippen LogP contribution in [0.25, 0.3) is 0 Å². The zero-order chi connectivity index (χ0) is 23.4. The Bertz CT molecular complexity index is 1030. The Morgan fingerprint density at radius 1 is 1.12 bits per heavy atom. The topological polar surface area (TPSA) is 87.0 Å². The van der Waals surface area contributed by atoms with E-state index in [1.165, 1.54) is 25.1 Å². The minimum Gasteiger partial charge on any atom is -0.374 e. The van der Waals surface area contributed by atoms with Crippen LogP contribution in [0.15, 0.2) is 36.4 Å². The molecule has 0 saturated carbocycles. The van der Waals surface area contributed by atoms with Crippen LogP contribution < -0.4 is 9.80 Å². The second-order valence-corrected chi connectivity index (χ2v) is 7.88. The molecule has 1 heterocycles. The summed E-state index contributed by atoms with van der Waals surface area (Å²) in [5.41, 5.74) is 1.51. The molecular formula is C23H27FN4O4. The number of piperazine rings is 1. The van der Waals surface area contributed by atoms with Crippen LogP contribution in [0.5, 0.6) is 0 Å². The molecule has 0 radical (unpaired) electrons. The Labute approximate surface area is 186 Å². The summed E-state index contributed by atoms with van der Waals surface area (Å²) in [5, 5.41) is 11.3. The summed E-state index contributed by atoms with van der Waals surface area (Å²) in [6, 6.07) is 8.76. The van der Waals surface area contributed by atoms with Crippen LogP contribution in [0, 0.1) is 15.9 Å². The van der Waals surface area contributed by atoms with Gasteiger partial charge in [-0.3, -0.25) is 19.7 Å². The van der Waals surface area contributed by atoms with E-state index in [2.05, 4.69) is 0 Å². The number of hydrogen-bond acceptors (Lipinski definition) is 6. The third kappa shape index (κ3) is 4.87. The number of carbonyl (C=O) groups is 2. The van der Waals surface area contributed by atoms with Crippen LogP contribution in [-0.2, 0) is 0 Å². The summed E-state index contributed by atoms with van der Waals surface area (Å²) in [6.45, 7) is 5.65. The van der Waals surface area contributed by atoms with Gasteiger partial charge in [0.15, 0.2) is 5.78 Å². The van der Waals surface area contributed by atoms with Gasteiger partial charge in [0.2, 0.25) is 0 Å². The van der Waals surface area contributed by atoms with Crippen molar-refractivity contribution in [3.05, 3.63) is 63.5 Å². The van der Waals surface area contributed by atoms with Crippen LogP contribution in [0.1, 0.15) is 41.0 Å². The van der Waals surface area contributed by atoms with E-state index in [1.807, 2.05) is 23.8 Å². The van der Waals surface area contributed by atoms with Crippen LogP contribution in [0.3, 0.4) is 0 Å². The van der Waals surface area contributed by atoms with Gasteiger partial charge in [0.25, 0.3) is 11.6 Å². The van der Waals surface area contributed by atoms with Gasteiger partial charge in [-0.2, -0.15) is 0 Å². The highest BCUT2D eigenvalue weighted by Crippen LogP contribution is 2.28. The van der Waals surface area contributed by atoms with Crippen LogP contribution in [-0.4, -0.2) is 61.3 Å². The first-order chi connectivity index (χ1) is 15.2. The maximum Gasteiger partial charge on any atom is 0.270 e. The van der Waals surface area contributed by atoms with Gasteiger partial charge in [0.05, 0.1) is 16.2 Å². The van der Waals surface area contributed by atoms with Crippen molar-refractivity contribution in [2.24, 2.45) is 0 Å². The lowest BCUT2D eigenvalue weighted by Gasteiger charge is -2.36. The third-order valence-electron chi connectivity index (χ3n) is 5.65. The van der Waals surface area contributed by atoms with Gasteiger partial charge in [-0.15, -0.1) is 0 Å². The molecule has 0 bridgehead atoms. The fourth-order valence-electron chi connectivity index (χ4n) is 3.90. The Kier molecular flexibility index (Phi) is 7.07. The molecule has 0 atom stereocenters. The number of nitrogens with zero attached hydrogens (tertiary/aromatic N) is 4. The number of amides is 1. The van der Waals surface area contributed by atoms with Crippen LogP contribution in [0.4, 0.5) is 21.5 Å². The number of carbonyl (C=O) groups excluding carboxylic acids is 2. The first-order valence-corrected chi connectivity index (χ1v) is 10.6. The third-order valence-corrected chi connectivity index (χ3v) is 5.65. The second-order valence-electron chi connectivity index (χ2n) is 7.88. The minimum absolute atomic E-state index is 0.131. The molecule has 1 aliphatic heterocycles. The van der Waals surface area contributed by atoms with E-state index >= 15 is 0 Å². The van der Waals surface area contributed by atoms with Crippen molar-refractivity contribution in [2.45, 2.75) is 20.3 Å². The summed E-state index contributed by atoms with van der Waals surface area (Å²) < 4.78 is 14.5. The predicted molar refractivity (Wildman–Crippen MR) is 121 cm³/mol. The molecule has 9 heteroatoms. The molecule has 1 saturated heterocycles. The van der Waals surface area contributed by atoms with Gasteiger partial charge in [-0.1, -0.05) is 6.92 Å². The summed E-state index contributed by atoms with van der Waals surface area (Å²) >= 11 is 0. The summed E-state index contributed by atoms with van der Waals surface area (Å²) in [6.07, 6.45) is 0.869. The van der Waals surface area contributed by atoms with E-state index < -0.39 is 10.7 Å². The first kappa shape index (κ1) is 23.2. The molecule has 170 valence electrons. The van der Waals surface area contributed by atoms with Gasteiger partial charge in [-0.05, 0) is 37.6 Å². The molecule has 1 fully saturated rings. The van der Waals surface area contributed by atoms with Gasteiger partial charge >= 0.3 is 0 Å². The molecule has 1 aliphatic rings. The lowest BCUT2D eigenvalue weighted by Crippen LogP contribution is -2.49. The molecule has 0 unspecified atom stereocenters. The van der Waals surface area contributed by atoms with E-state index in [9.17, 15) is 24.1 Å². The normalized spacial score (nSPS) is 13.8. The van der Waals surface area contributed by atoms with Gasteiger partial charge in [-0.25, -0.2) is 4.39 Å². The number of Topliss-reactive ketones (excluding diaryl/α,β-unsaturated/α-hetero) is 1. The van der Waals surface area contributed by atoms with Crippen molar-refractivity contribution in [2.75, 3.05) is 49.6 Å². The SMILES string of the molecule is CCCN(C)c1ccc([N+](=O)[O-])cc1C(=O)N1CCN(c2ccc(C(C)=O)cc2F)CC1. The zero-order valence-corrected chi connectivity index (χ0v) is 18.5. The Morgan fingerprint density at radius 2 is 1.81 bits per heavy atom. The first-order valence-electron chi connectivity index (χ1n) is 10.6. The van der Waals surface area contributed by atoms with E-state index in [1.54, 1.807) is 23.1 Å². The van der Waals surface area contributed by atoms with Crippen molar-refractivity contribution in [1.82, 2.24) is 4.90 Å². The van der Waals surface area contributed by atoms with E-state index in [4.69, 9.17) is 0 Å².